The number of nitrogens with one attached hydrogen (secondary N) is 1. The third-order valence-electron chi connectivity index (χ3n) is 3.58. The van der Waals surface area contributed by atoms with Crippen molar-refractivity contribution < 1.29 is 4.74 Å². The van der Waals surface area contributed by atoms with Gasteiger partial charge in [0.15, 0.2) is 0 Å². The maximum Gasteiger partial charge on any atom is 0.0488 e. The Kier molecular flexibility index (Phi) is 4.06. The largest absolute Gasteiger partial charge is 0.384 e. The Morgan fingerprint density at radius 3 is 2.94 bits per heavy atom. The minimum atomic E-state index is 0.574. The van der Waals surface area contributed by atoms with Crippen LogP contribution >= 0.6 is 0 Å². The molecule has 17 heavy (non-hydrogen) atoms. The van der Waals surface area contributed by atoms with Crippen LogP contribution in [-0.2, 0) is 4.74 Å². The van der Waals surface area contributed by atoms with E-state index in [1.807, 2.05) is 0 Å². The predicted molar refractivity (Wildman–Crippen MR) is 72.5 cm³/mol. The summed E-state index contributed by atoms with van der Waals surface area (Å²) in [4.78, 5) is 0. The highest BCUT2D eigenvalue weighted by Gasteiger charge is 2.24. The van der Waals surface area contributed by atoms with Crippen molar-refractivity contribution in [3.8, 4) is 0 Å². The molecule has 1 aliphatic rings. The van der Waals surface area contributed by atoms with Gasteiger partial charge in [0.2, 0.25) is 0 Å². The molecule has 0 aromatic heterocycles. The maximum atomic E-state index is 5.24. The summed E-state index contributed by atoms with van der Waals surface area (Å²) in [5, 5.41) is 3.56. The Morgan fingerprint density at radius 1 is 1.41 bits per heavy atom. The van der Waals surface area contributed by atoms with Gasteiger partial charge in [0.05, 0.1) is 0 Å². The Hall–Kier alpha value is -1.02. The quantitative estimate of drug-likeness (QED) is 0.857. The first-order valence-electron chi connectivity index (χ1n) is 6.55. The van der Waals surface area contributed by atoms with Crippen LogP contribution in [0.3, 0.4) is 0 Å². The summed E-state index contributed by atoms with van der Waals surface area (Å²) in [6.45, 7) is 5.41. The molecule has 0 radical (unpaired) electrons. The van der Waals surface area contributed by atoms with E-state index in [0.29, 0.717) is 17.9 Å². The Balaban J connectivity index is 2.12. The van der Waals surface area contributed by atoms with E-state index in [-0.39, 0.29) is 0 Å². The molecule has 1 aromatic carbocycles. The van der Waals surface area contributed by atoms with E-state index in [0.717, 1.165) is 6.61 Å². The molecule has 0 aliphatic carbocycles. The van der Waals surface area contributed by atoms with Crippen LogP contribution in [0, 0.1) is 5.92 Å². The van der Waals surface area contributed by atoms with Crippen LogP contribution in [0.4, 0.5) is 5.69 Å². The summed E-state index contributed by atoms with van der Waals surface area (Å²) in [6, 6.07) is 9.28. The van der Waals surface area contributed by atoms with Gasteiger partial charge in [-0.1, -0.05) is 25.1 Å². The van der Waals surface area contributed by atoms with E-state index < -0.39 is 0 Å². The molecule has 1 aromatic rings. The van der Waals surface area contributed by atoms with Crippen LogP contribution in [-0.4, -0.2) is 19.8 Å². The van der Waals surface area contributed by atoms with Crippen LogP contribution in [0.25, 0.3) is 0 Å². The molecule has 2 nitrogen and oxygen atoms in total. The van der Waals surface area contributed by atoms with Crippen molar-refractivity contribution in [3.63, 3.8) is 0 Å². The van der Waals surface area contributed by atoms with Gasteiger partial charge in [-0.2, -0.15) is 0 Å². The lowest BCUT2D eigenvalue weighted by atomic mass is 9.82. The lowest BCUT2D eigenvalue weighted by Gasteiger charge is -2.32. The van der Waals surface area contributed by atoms with E-state index in [1.54, 1.807) is 7.11 Å². The van der Waals surface area contributed by atoms with Crippen LogP contribution < -0.4 is 5.32 Å². The normalized spacial score (nSPS) is 24.9. The van der Waals surface area contributed by atoms with E-state index in [9.17, 15) is 0 Å². The maximum absolute atomic E-state index is 5.24. The van der Waals surface area contributed by atoms with Crippen LogP contribution in [0.15, 0.2) is 24.3 Å². The third kappa shape index (κ3) is 3.01. The lowest BCUT2D eigenvalue weighted by molar-refractivity contribution is 0.150. The van der Waals surface area contributed by atoms with E-state index in [1.165, 1.54) is 24.1 Å². The van der Waals surface area contributed by atoms with Gasteiger partial charge in [-0.05, 0) is 43.2 Å². The highest BCUT2D eigenvalue weighted by atomic mass is 16.5. The molecule has 0 saturated heterocycles. The number of anilines is 1. The van der Waals surface area contributed by atoms with Gasteiger partial charge in [0.1, 0.15) is 0 Å². The van der Waals surface area contributed by atoms with Crippen LogP contribution in [0.1, 0.15) is 38.2 Å². The number of ether oxygens (including phenoxy) is 1. The molecule has 3 atom stereocenters. The fourth-order valence-corrected chi connectivity index (χ4v) is 2.92. The topological polar surface area (TPSA) is 21.3 Å². The first-order chi connectivity index (χ1) is 8.20. The first-order valence-corrected chi connectivity index (χ1v) is 6.55. The second kappa shape index (κ2) is 5.54. The monoisotopic (exact) mass is 233 g/mol. The zero-order chi connectivity index (χ0) is 12.3. The first kappa shape index (κ1) is 12.4. The number of hydrogen-bond donors (Lipinski definition) is 1. The Labute approximate surface area is 104 Å². The highest BCUT2D eigenvalue weighted by molar-refractivity contribution is 5.55. The molecule has 1 aliphatic heterocycles. The summed E-state index contributed by atoms with van der Waals surface area (Å²) >= 11 is 0. The summed E-state index contributed by atoms with van der Waals surface area (Å²) in [6.07, 6.45) is 2.45. The molecule has 1 heterocycles. The lowest BCUT2D eigenvalue weighted by Crippen LogP contribution is -2.26. The number of para-hydroxylation sites is 1. The van der Waals surface area contributed by atoms with E-state index in [2.05, 4.69) is 43.4 Å². The molecule has 3 unspecified atom stereocenters. The minimum absolute atomic E-state index is 0.574. The fourth-order valence-electron chi connectivity index (χ4n) is 2.92. The van der Waals surface area contributed by atoms with Gasteiger partial charge in [-0.3, -0.25) is 0 Å². The van der Waals surface area contributed by atoms with Crippen LogP contribution in [0.2, 0.25) is 0 Å². The Morgan fingerprint density at radius 2 is 2.18 bits per heavy atom. The third-order valence-corrected chi connectivity index (χ3v) is 3.58. The smallest absolute Gasteiger partial charge is 0.0488 e. The average molecular weight is 233 g/mol. The predicted octanol–water partition coefficient (Wildman–Crippen LogP) is 3.65. The molecule has 0 fully saturated rings. The van der Waals surface area contributed by atoms with E-state index >= 15 is 0 Å². The molecule has 0 spiro atoms. The summed E-state index contributed by atoms with van der Waals surface area (Å²) in [7, 11) is 1.79. The number of fused-ring (bicyclic) bond motifs is 1. The van der Waals surface area contributed by atoms with Crippen molar-refractivity contribution in [2.24, 2.45) is 5.92 Å². The summed E-state index contributed by atoms with van der Waals surface area (Å²) < 4.78 is 5.24. The molecular formula is C15H23NO. The van der Waals surface area contributed by atoms with E-state index in [4.69, 9.17) is 4.74 Å². The van der Waals surface area contributed by atoms with Crippen molar-refractivity contribution in [1.82, 2.24) is 0 Å². The van der Waals surface area contributed by atoms with Crippen molar-refractivity contribution in [2.75, 3.05) is 19.0 Å². The van der Waals surface area contributed by atoms with Crippen molar-refractivity contribution in [1.29, 1.82) is 0 Å². The number of hydrogen-bond acceptors (Lipinski definition) is 2. The molecule has 0 amide bonds. The molecule has 1 N–H and O–H groups in total. The average Bonchev–Trinajstić information content (AvgIpc) is 2.29. The van der Waals surface area contributed by atoms with Crippen molar-refractivity contribution >= 4 is 5.69 Å². The van der Waals surface area contributed by atoms with Gasteiger partial charge >= 0.3 is 0 Å². The number of methoxy groups -OCH3 is 1. The Bertz CT molecular complexity index is 364. The van der Waals surface area contributed by atoms with Crippen molar-refractivity contribution in [2.45, 2.75) is 38.6 Å². The van der Waals surface area contributed by atoms with Gasteiger partial charge in [-0.25, -0.2) is 0 Å². The number of benzene rings is 1. The van der Waals surface area contributed by atoms with Crippen LogP contribution in [0.5, 0.6) is 0 Å². The van der Waals surface area contributed by atoms with Crippen molar-refractivity contribution in [3.05, 3.63) is 29.8 Å². The van der Waals surface area contributed by atoms with Gasteiger partial charge < -0.3 is 10.1 Å². The standard InChI is InChI=1S/C15H23NO/c1-11(10-17-3)8-13-9-12(2)16-15-7-5-4-6-14(13)15/h4-7,11-13,16H,8-10H2,1-3H3. The second-order valence-corrected chi connectivity index (χ2v) is 5.36. The second-order valence-electron chi connectivity index (χ2n) is 5.36. The molecule has 0 saturated carbocycles. The zero-order valence-corrected chi connectivity index (χ0v) is 11.1. The molecule has 0 bridgehead atoms. The highest BCUT2D eigenvalue weighted by Crippen LogP contribution is 2.37. The van der Waals surface area contributed by atoms with Gasteiger partial charge in [0, 0.05) is 25.4 Å². The minimum Gasteiger partial charge on any atom is -0.384 e. The van der Waals surface area contributed by atoms with Gasteiger partial charge in [-0.15, -0.1) is 0 Å². The number of rotatable bonds is 4. The molecular weight excluding hydrogens is 210 g/mol. The molecule has 94 valence electrons. The summed E-state index contributed by atoms with van der Waals surface area (Å²) in [5.41, 5.74) is 2.80. The molecule has 2 rings (SSSR count). The summed E-state index contributed by atoms with van der Waals surface area (Å²) in [5.74, 6) is 1.30. The fraction of sp³-hybridized carbons (Fsp3) is 0.600. The molecule has 2 heteroatoms. The van der Waals surface area contributed by atoms with Gasteiger partial charge in [0.25, 0.3) is 0 Å². The zero-order valence-electron chi connectivity index (χ0n) is 11.1. The SMILES string of the molecule is COCC(C)CC1CC(C)Nc2ccccc21.